The molecule has 0 aromatic carbocycles. The largest absolute Gasteiger partial charge is 0.418 e. The van der Waals surface area contributed by atoms with Crippen LogP contribution in [-0.2, 0) is 18.2 Å². The van der Waals surface area contributed by atoms with Crippen molar-refractivity contribution in [3.8, 4) is 11.4 Å². The van der Waals surface area contributed by atoms with Gasteiger partial charge in [-0.1, -0.05) is 19.4 Å². The highest BCUT2D eigenvalue weighted by molar-refractivity contribution is 5.92. The molecule has 0 aliphatic heterocycles. The van der Waals surface area contributed by atoms with Crippen LogP contribution in [-0.4, -0.2) is 25.0 Å². The molecule has 2 N–H and O–H groups in total. The Bertz CT molecular complexity index is 1320. The van der Waals surface area contributed by atoms with Gasteiger partial charge in [0.25, 0.3) is 0 Å². The normalized spacial score (nSPS) is 12.2. The van der Waals surface area contributed by atoms with Gasteiger partial charge < -0.3 is 10.4 Å². The monoisotopic (exact) mass is 467 g/mol. The van der Waals surface area contributed by atoms with Crippen molar-refractivity contribution in [3.05, 3.63) is 71.7 Å². The molecule has 0 unspecified atom stereocenters. The fourth-order valence-corrected chi connectivity index (χ4v) is 3.58. The van der Waals surface area contributed by atoms with E-state index in [2.05, 4.69) is 25.3 Å². The lowest BCUT2D eigenvalue weighted by Gasteiger charge is -2.18. The number of rotatable bonds is 6. The molecular weight excluding hydrogens is 443 g/mol. The summed E-state index contributed by atoms with van der Waals surface area (Å²) in [6.45, 7) is 5.38. The molecule has 4 heterocycles. The fourth-order valence-electron chi connectivity index (χ4n) is 3.58. The highest BCUT2D eigenvalue weighted by atomic mass is 19.4. The van der Waals surface area contributed by atoms with Gasteiger partial charge in [0.15, 0.2) is 5.65 Å². The van der Waals surface area contributed by atoms with Crippen LogP contribution < -0.4 is 5.32 Å². The summed E-state index contributed by atoms with van der Waals surface area (Å²) in [5, 5.41) is 14.0. The van der Waals surface area contributed by atoms with Crippen molar-refractivity contribution in [1.82, 2.24) is 19.9 Å². The van der Waals surface area contributed by atoms with E-state index in [0.29, 0.717) is 34.5 Å². The van der Waals surface area contributed by atoms with Crippen molar-refractivity contribution in [1.29, 1.82) is 0 Å². The number of pyridine rings is 4. The number of aromatic nitrogens is 4. The minimum absolute atomic E-state index is 0.0974. The minimum atomic E-state index is -4.55. The number of nitrogens with one attached hydrogen (secondary N) is 1. The third-order valence-electron chi connectivity index (χ3n) is 5.32. The van der Waals surface area contributed by atoms with Gasteiger partial charge in [-0.25, -0.2) is 15.0 Å². The summed E-state index contributed by atoms with van der Waals surface area (Å²) in [6.07, 6.45) is -0.124. The molecule has 0 aliphatic carbocycles. The fraction of sp³-hybridized carbons (Fsp3) is 0.280. The molecular formula is C25H24F3N5O. The first-order valence-electron chi connectivity index (χ1n) is 10.9. The number of nitrogens with zero attached hydrogens (tertiary/aromatic N) is 4. The molecule has 0 atom stereocenters. The topological polar surface area (TPSA) is 83.8 Å². The lowest BCUT2D eigenvalue weighted by Crippen LogP contribution is -2.15. The summed E-state index contributed by atoms with van der Waals surface area (Å²) in [6, 6.07) is 10.9. The van der Waals surface area contributed by atoms with Gasteiger partial charge in [-0.05, 0) is 56.7 Å². The number of hydrogen-bond donors (Lipinski definition) is 2. The molecule has 0 spiro atoms. The van der Waals surface area contributed by atoms with E-state index in [-0.39, 0.29) is 11.4 Å². The van der Waals surface area contributed by atoms with E-state index in [1.807, 2.05) is 13.0 Å². The maximum atomic E-state index is 13.5. The van der Waals surface area contributed by atoms with Gasteiger partial charge in [-0.3, -0.25) is 4.98 Å². The van der Waals surface area contributed by atoms with E-state index >= 15 is 0 Å². The minimum Gasteiger partial charge on any atom is -0.386 e. The van der Waals surface area contributed by atoms with E-state index in [0.717, 1.165) is 18.2 Å². The SMILES string of the molecule is CCCc1cc(Nc2ccc(C(C)(C)O)cn2)c2ccc(-c3ncccc3C(F)(F)F)nc2n1. The van der Waals surface area contributed by atoms with Crippen molar-refractivity contribution < 1.29 is 18.3 Å². The highest BCUT2D eigenvalue weighted by Gasteiger charge is 2.34. The first kappa shape index (κ1) is 23.6. The van der Waals surface area contributed by atoms with Gasteiger partial charge >= 0.3 is 6.18 Å². The van der Waals surface area contributed by atoms with Crippen LogP contribution >= 0.6 is 0 Å². The highest BCUT2D eigenvalue weighted by Crippen LogP contribution is 2.36. The van der Waals surface area contributed by atoms with Crippen molar-refractivity contribution >= 4 is 22.5 Å². The van der Waals surface area contributed by atoms with E-state index in [9.17, 15) is 18.3 Å². The van der Waals surface area contributed by atoms with E-state index in [4.69, 9.17) is 0 Å². The summed E-state index contributed by atoms with van der Waals surface area (Å²) in [7, 11) is 0. The molecule has 0 aliphatic rings. The quantitative estimate of drug-likeness (QED) is 0.360. The summed E-state index contributed by atoms with van der Waals surface area (Å²) < 4.78 is 40.5. The predicted octanol–water partition coefficient (Wildman–Crippen LogP) is 6.03. The second-order valence-electron chi connectivity index (χ2n) is 8.49. The third-order valence-corrected chi connectivity index (χ3v) is 5.32. The molecule has 0 amide bonds. The van der Waals surface area contributed by atoms with Crippen LogP contribution in [0.15, 0.2) is 54.9 Å². The summed E-state index contributed by atoms with van der Waals surface area (Å²) >= 11 is 0. The van der Waals surface area contributed by atoms with Crippen molar-refractivity contribution in [3.63, 3.8) is 0 Å². The van der Waals surface area contributed by atoms with E-state index in [1.54, 1.807) is 38.2 Å². The Balaban J connectivity index is 1.79. The van der Waals surface area contributed by atoms with Crippen LogP contribution in [0.3, 0.4) is 0 Å². The second kappa shape index (κ2) is 8.98. The maximum Gasteiger partial charge on any atom is 0.418 e. The molecule has 6 nitrogen and oxygen atoms in total. The molecule has 4 aromatic rings. The Morgan fingerprint density at radius 1 is 1.00 bits per heavy atom. The van der Waals surface area contributed by atoms with Crippen molar-refractivity contribution in [2.45, 2.75) is 45.4 Å². The average Bonchev–Trinajstić information content (AvgIpc) is 2.78. The zero-order valence-electron chi connectivity index (χ0n) is 19.0. The van der Waals surface area contributed by atoms with Gasteiger partial charge in [-0.2, -0.15) is 13.2 Å². The summed E-state index contributed by atoms with van der Waals surface area (Å²) in [5.74, 6) is 0.552. The predicted molar refractivity (Wildman–Crippen MR) is 125 cm³/mol. The molecule has 0 bridgehead atoms. The van der Waals surface area contributed by atoms with Gasteiger partial charge in [-0.15, -0.1) is 0 Å². The van der Waals surface area contributed by atoms with Gasteiger partial charge in [0.2, 0.25) is 0 Å². The smallest absolute Gasteiger partial charge is 0.386 e. The second-order valence-corrected chi connectivity index (χ2v) is 8.49. The Hall–Kier alpha value is -3.59. The number of hydrogen-bond acceptors (Lipinski definition) is 6. The number of fused-ring (bicyclic) bond motifs is 1. The molecule has 0 saturated carbocycles. The third kappa shape index (κ3) is 4.99. The first-order chi connectivity index (χ1) is 16.1. The van der Waals surface area contributed by atoms with Crippen molar-refractivity contribution in [2.75, 3.05) is 5.32 Å². The molecule has 9 heteroatoms. The number of aryl methyl sites for hydroxylation is 1. The molecule has 34 heavy (non-hydrogen) atoms. The molecule has 4 rings (SSSR count). The van der Waals surface area contributed by atoms with Crippen LogP contribution in [0.2, 0.25) is 0 Å². The van der Waals surface area contributed by atoms with Gasteiger partial charge in [0, 0.05) is 29.0 Å². The van der Waals surface area contributed by atoms with E-state index < -0.39 is 17.3 Å². The number of anilines is 2. The average molecular weight is 467 g/mol. The number of alkyl halides is 3. The number of aliphatic hydroxyl groups is 1. The lowest BCUT2D eigenvalue weighted by atomic mass is 10.0. The lowest BCUT2D eigenvalue weighted by molar-refractivity contribution is -0.137. The van der Waals surface area contributed by atoms with Gasteiger partial charge in [0.05, 0.1) is 22.5 Å². The zero-order valence-corrected chi connectivity index (χ0v) is 19.0. The molecule has 4 aromatic heterocycles. The van der Waals surface area contributed by atoms with E-state index in [1.165, 1.54) is 18.3 Å². The zero-order chi connectivity index (χ0) is 24.5. The van der Waals surface area contributed by atoms with Gasteiger partial charge in [0.1, 0.15) is 11.5 Å². The Morgan fingerprint density at radius 3 is 2.44 bits per heavy atom. The number of halogens is 3. The van der Waals surface area contributed by atoms with Crippen LogP contribution in [0.25, 0.3) is 22.4 Å². The molecule has 0 saturated heterocycles. The Labute approximate surface area is 195 Å². The van der Waals surface area contributed by atoms with Crippen LogP contribution in [0, 0.1) is 0 Å². The summed E-state index contributed by atoms with van der Waals surface area (Å²) in [4.78, 5) is 17.3. The first-order valence-corrected chi connectivity index (χ1v) is 10.9. The molecule has 176 valence electrons. The molecule has 0 fully saturated rings. The van der Waals surface area contributed by atoms with Crippen molar-refractivity contribution in [2.24, 2.45) is 0 Å². The Morgan fingerprint density at radius 2 is 1.79 bits per heavy atom. The molecule has 0 radical (unpaired) electrons. The van der Waals surface area contributed by atoms with Crippen LogP contribution in [0.4, 0.5) is 24.7 Å². The maximum absolute atomic E-state index is 13.5. The van der Waals surface area contributed by atoms with Crippen LogP contribution in [0.5, 0.6) is 0 Å². The summed E-state index contributed by atoms with van der Waals surface area (Å²) in [5.41, 5.74) is 0.438. The van der Waals surface area contributed by atoms with Crippen LogP contribution in [0.1, 0.15) is 44.0 Å². The standard InChI is InChI=1S/C25H24F3N5O/c1-4-6-16-13-20(32-21-11-8-15(14-30-21)24(2,3)34)17-9-10-19(33-23(17)31-16)22-18(25(26,27)28)7-5-12-29-22/h5,7-14,34H,4,6H2,1-3H3,(H,30,31,32,33). The Kier molecular flexibility index (Phi) is 6.22.